The van der Waals surface area contributed by atoms with E-state index in [9.17, 15) is 9.18 Å². The van der Waals surface area contributed by atoms with Crippen LogP contribution in [0.2, 0.25) is 0 Å². The highest BCUT2D eigenvalue weighted by Crippen LogP contribution is 2.25. The Morgan fingerprint density at radius 1 is 1.50 bits per heavy atom. The smallest absolute Gasteiger partial charge is 0.343 e. The first kappa shape index (κ1) is 12.8. The second-order valence-electron chi connectivity index (χ2n) is 4.25. The highest BCUT2D eigenvalue weighted by molar-refractivity contribution is 5.70. The molecule has 1 N–H and O–H groups in total. The largest absolute Gasteiger partial charge is 0.478 e. The van der Waals surface area contributed by atoms with Crippen LogP contribution in [0.3, 0.4) is 0 Å². The van der Waals surface area contributed by atoms with Crippen LogP contribution in [0, 0.1) is 5.82 Å². The molecule has 1 aliphatic carbocycles. The van der Waals surface area contributed by atoms with Crippen molar-refractivity contribution >= 4 is 5.97 Å². The minimum absolute atomic E-state index is 0.121. The molecule has 0 aliphatic heterocycles. The Balaban J connectivity index is 2.02. The van der Waals surface area contributed by atoms with Gasteiger partial charge in [0.1, 0.15) is 0 Å². The van der Waals surface area contributed by atoms with E-state index >= 15 is 0 Å². The first-order chi connectivity index (χ1) is 8.70. The van der Waals surface area contributed by atoms with E-state index in [0.717, 1.165) is 12.8 Å². The Hall–Kier alpha value is -1.62. The first-order valence-electron chi connectivity index (χ1n) is 5.91. The minimum atomic E-state index is -0.528. The SMILES string of the molecule is COC(=O)COc1c(F)cccc1CNC1CC1. The minimum Gasteiger partial charge on any atom is -0.478 e. The highest BCUT2D eigenvalue weighted by atomic mass is 19.1. The van der Waals surface area contributed by atoms with Gasteiger partial charge >= 0.3 is 5.97 Å². The van der Waals surface area contributed by atoms with Crippen molar-refractivity contribution in [1.82, 2.24) is 5.32 Å². The van der Waals surface area contributed by atoms with Crippen molar-refractivity contribution in [2.24, 2.45) is 0 Å². The zero-order chi connectivity index (χ0) is 13.0. The maximum atomic E-state index is 13.6. The number of benzene rings is 1. The van der Waals surface area contributed by atoms with Crippen molar-refractivity contribution in [2.75, 3.05) is 13.7 Å². The van der Waals surface area contributed by atoms with Crippen LogP contribution in [0.5, 0.6) is 5.75 Å². The zero-order valence-corrected chi connectivity index (χ0v) is 10.2. The summed E-state index contributed by atoms with van der Waals surface area (Å²) in [6.07, 6.45) is 2.32. The summed E-state index contributed by atoms with van der Waals surface area (Å²) < 4.78 is 23.3. The number of hydrogen-bond acceptors (Lipinski definition) is 4. The molecule has 0 spiro atoms. The van der Waals surface area contributed by atoms with Crippen LogP contribution in [-0.4, -0.2) is 25.7 Å². The van der Waals surface area contributed by atoms with Gasteiger partial charge in [-0.3, -0.25) is 0 Å². The number of halogens is 1. The summed E-state index contributed by atoms with van der Waals surface area (Å²) in [6.45, 7) is 0.257. The van der Waals surface area contributed by atoms with E-state index in [4.69, 9.17) is 4.74 Å². The third kappa shape index (κ3) is 3.43. The van der Waals surface area contributed by atoms with Gasteiger partial charge in [0.15, 0.2) is 18.2 Å². The number of rotatable bonds is 6. The Labute approximate surface area is 105 Å². The Kier molecular flexibility index (Phi) is 4.15. The van der Waals surface area contributed by atoms with Gasteiger partial charge in [0.25, 0.3) is 0 Å². The Morgan fingerprint density at radius 3 is 2.94 bits per heavy atom. The predicted molar refractivity (Wildman–Crippen MR) is 63.8 cm³/mol. The van der Waals surface area contributed by atoms with Crippen molar-refractivity contribution in [3.8, 4) is 5.75 Å². The Morgan fingerprint density at radius 2 is 2.28 bits per heavy atom. The number of carbonyl (C=O) groups excluding carboxylic acids is 1. The van der Waals surface area contributed by atoms with Crippen LogP contribution in [0.25, 0.3) is 0 Å². The molecule has 0 radical (unpaired) electrons. The third-order valence-electron chi connectivity index (χ3n) is 2.77. The van der Waals surface area contributed by atoms with Gasteiger partial charge in [-0.05, 0) is 18.9 Å². The molecule has 0 bridgehead atoms. The number of methoxy groups -OCH3 is 1. The lowest BCUT2D eigenvalue weighted by molar-refractivity contribution is -0.142. The summed E-state index contributed by atoms with van der Waals surface area (Å²) in [6, 6.07) is 5.25. The number of esters is 1. The summed E-state index contributed by atoms with van der Waals surface area (Å²) in [4.78, 5) is 11.0. The topological polar surface area (TPSA) is 47.6 Å². The lowest BCUT2D eigenvalue weighted by atomic mass is 10.2. The average Bonchev–Trinajstić information content (AvgIpc) is 3.18. The van der Waals surface area contributed by atoms with E-state index in [2.05, 4.69) is 10.1 Å². The van der Waals surface area contributed by atoms with Gasteiger partial charge in [0, 0.05) is 18.2 Å². The van der Waals surface area contributed by atoms with Crippen LogP contribution in [0.15, 0.2) is 18.2 Å². The third-order valence-corrected chi connectivity index (χ3v) is 2.77. The second-order valence-corrected chi connectivity index (χ2v) is 4.25. The van der Waals surface area contributed by atoms with E-state index in [1.54, 1.807) is 12.1 Å². The Bertz CT molecular complexity index is 432. The summed E-state index contributed by atoms with van der Waals surface area (Å²) in [5.41, 5.74) is 0.714. The first-order valence-corrected chi connectivity index (χ1v) is 5.91. The lowest BCUT2D eigenvalue weighted by Gasteiger charge is -2.12. The average molecular weight is 253 g/mol. The van der Waals surface area contributed by atoms with Crippen LogP contribution in [0.1, 0.15) is 18.4 Å². The van der Waals surface area contributed by atoms with E-state index < -0.39 is 11.8 Å². The van der Waals surface area contributed by atoms with Gasteiger partial charge in [-0.2, -0.15) is 0 Å². The van der Waals surface area contributed by atoms with E-state index in [0.29, 0.717) is 18.2 Å². The molecule has 1 aromatic carbocycles. The molecule has 0 aromatic heterocycles. The number of hydrogen-bond donors (Lipinski definition) is 1. The quantitative estimate of drug-likeness (QED) is 0.783. The monoisotopic (exact) mass is 253 g/mol. The number of nitrogens with one attached hydrogen (secondary N) is 1. The van der Waals surface area contributed by atoms with Gasteiger partial charge in [0.05, 0.1) is 7.11 Å². The molecule has 18 heavy (non-hydrogen) atoms. The molecule has 4 nitrogen and oxygen atoms in total. The van der Waals surface area contributed by atoms with Crippen LogP contribution >= 0.6 is 0 Å². The molecule has 5 heteroatoms. The predicted octanol–water partition coefficient (Wildman–Crippen LogP) is 1.63. The van der Waals surface area contributed by atoms with Gasteiger partial charge in [-0.25, -0.2) is 9.18 Å². The van der Waals surface area contributed by atoms with Gasteiger partial charge < -0.3 is 14.8 Å². The molecular formula is C13H16FNO3. The summed E-state index contributed by atoms with van der Waals surface area (Å²) in [7, 11) is 1.27. The normalized spacial score (nSPS) is 14.3. The lowest BCUT2D eigenvalue weighted by Crippen LogP contribution is -2.18. The van der Waals surface area contributed by atoms with Gasteiger partial charge in [0.2, 0.25) is 0 Å². The fourth-order valence-corrected chi connectivity index (χ4v) is 1.59. The van der Waals surface area contributed by atoms with Crippen LogP contribution in [0.4, 0.5) is 4.39 Å². The highest BCUT2D eigenvalue weighted by Gasteiger charge is 2.21. The number of ether oxygens (including phenoxy) is 2. The molecule has 0 atom stereocenters. The maximum Gasteiger partial charge on any atom is 0.343 e. The second kappa shape index (κ2) is 5.82. The van der Waals surface area contributed by atoms with Crippen LogP contribution in [-0.2, 0) is 16.1 Å². The van der Waals surface area contributed by atoms with Crippen molar-refractivity contribution in [2.45, 2.75) is 25.4 Å². The molecule has 1 saturated carbocycles. The van der Waals surface area contributed by atoms with Gasteiger partial charge in [-0.1, -0.05) is 12.1 Å². The van der Waals surface area contributed by atoms with E-state index in [1.807, 2.05) is 0 Å². The fraction of sp³-hybridized carbons (Fsp3) is 0.462. The maximum absolute atomic E-state index is 13.6. The summed E-state index contributed by atoms with van der Waals surface area (Å²) in [5.74, 6) is -0.871. The fourth-order valence-electron chi connectivity index (χ4n) is 1.59. The summed E-state index contributed by atoms with van der Waals surface area (Å²) in [5, 5.41) is 3.28. The van der Waals surface area contributed by atoms with Crippen molar-refractivity contribution in [3.05, 3.63) is 29.6 Å². The molecule has 2 rings (SSSR count). The number of para-hydroxylation sites is 1. The standard InChI is InChI=1S/C13H16FNO3/c1-17-12(16)8-18-13-9(3-2-4-11(13)14)7-15-10-5-6-10/h2-4,10,15H,5-8H2,1H3. The molecule has 1 fully saturated rings. The summed E-state index contributed by atoms with van der Waals surface area (Å²) >= 11 is 0. The van der Waals surface area contributed by atoms with E-state index in [1.165, 1.54) is 13.2 Å². The molecule has 0 unspecified atom stereocenters. The van der Waals surface area contributed by atoms with Gasteiger partial charge in [-0.15, -0.1) is 0 Å². The van der Waals surface area contributed by atoms with Crippen molar-refractivity contribution in [1.29, 1.82) is 0 Å². The van der Waals surface area contributed by atoms with Crippen molar-refractivity contribution < 1.29 is 18.7 Å². The molecule has 98 valence electrons. The molecule has 0 saturated heterocycles. The molecule has 1 aromatic rings. The zero-order valence-electron chi connectivity index (χ0n) is 10.2. The van der Waals surface area contributed by atoms with Crippen LogP contribution < -0.4 is 10.1 Å². The van der Waals surface area contributed by atoms with E-state index in [-0.39, 0.29) is 12.4 Å². The number of carbonyl (C=O) groups is 1. The molecule has 0 heterocycles. The van der Waals surface area contributed by atoms with Crippen molar-refractivity contribution in [3.63, 3.8) is 0 Å². The molecule has 1 aliphatic rings. The molecule has 0 amide bonds. The molecular weight excluding hydrogens is 237 g/mol.